The van der Waals surface area contributed by atoms with E-state index in [1.165, 1.54) is 19.2 Å². The third-order valence-corrected chi connectivity index (χ3v) is 4.18. The number of carbonyl (C=O) groups excluding carboxylic acids is 3. The van der Waals surface area contributed by atoms with Crippen LogP contribution in [0.4, 0.5) is 11.4 Å². The molecule has 0 spiro atoms. The van der Waals surface area contributed by atoms with E-state index in [2.05, 4.69) is 15.4 Å². The Morgan fingerprint density at radius 1 is 0.767 bits per heavy atom. The fourth-order valence-electron chi connectivity index (χ4n) is 2.72. The fraction of sp³-hybridized carbons (Fsp3) is 0.0435. The van der Waals surface area contributed by atoms with E-state index in [0.29, 0.717) is 22.5 Å². The van der Waals surface area contributed by atoms with Crippen LogP contribution >= 0.6 is 0 Å². The molecule has 7 heteroatoms. The SMILES string of the molecule is COC(=O)c1cccc(NC(=O)c2cccc(C(=O)Nc3cccc(C#N)c3)c2)c1. The van der Waals surface area contributed by atoms with Crippen LogP contribution < -0.4 is 10.6 Å². The standard InChI is InChI=1S/C23H17N3O4/c1-30-23(29)18-8-4-10-20(13-18)26-22(28)17-7-3-6-16(12-17)21(27)25-19-9-2-5-15(11-19)14-24/h2-13H,1H3,(H,25,27)(H,26,28). The maximum Gasteiger partial charge on any atom is 0.337 e. The predicted octanol–water partition coefficient (Wildman–Crippen LogP) is 3.85. The number of hydrogen-bond donors (Lipinski definition) is 2. The van der Waals surface area contributed by atoms with E-state index in [4.69, 9.17) is 5.26 Å². The smallest absolute Gasteiger partial charge is 0.337 e. The molecule has 0 saturated heterocycles. The van der Waals surface area contributed by atoms with Crippen molar-refractivity contribution < 1.29 is 19.1 Å². The van der Waals surface area contributed by atoms with Crippen LogP contribution in [0.25, 0.3) is 0 Å². The second-order valence-electron chi connectivity index (χ2n) is 6.25. The van der Waals surface area contributed by atoms with Gasteiger partial charge in [-0.3, -0.25) is 9.59 Å². The first-order valence-electron chi connectivity index (χ1n) is 8.91. The van der Waals surface area contributed by atoms with Gasteiger partial charge in [0.1, 0.15) is 0 Å². The normalized spacial score (nSPS) is 9.87. The summed E-state index contributed by atoms with van der Waals surface area (Å²) in [6.45, 7) is 0. The van der Waals surface area contributed by atoms with Crippen LogP contribution in [-0.2, 0) is 4.74 Å². The van der Waals surface area contributed by atoms with Crippen LogP contribution in [0, 0.1) is 11.3 Å². The highest BCUT2D eigenvalue weighted by molar-refractivity contribution is 6.09. The summed E-state index contributed by atoms with van der Waals surface area (Å²) in [6.07, 6.45) is 0. The van der Waals surface area contributed by atoms with Gasteiger partial charge >= 0.3 is 5.97 Å². The molecule has 0 aromatic heterocycles. The zero-order valence-electron chi connectivity index (χ0n) is 16.0. The highest BCUT2D eigenvalue weighted by Crippen LogP contribution is 2.16. The van der Waals surface area contributed by atoms with Gasteiger partial charge < -0.3 is 15.4 Å². The van der Waals surface area contributed by atoms with E-state index in [9.17, 15) is 14.4 Å². The number of rotatable bonds is 5. The fourth-order valence-corrected chi connectivity index (χ4v) is 2.72. The molecule has 3 aromatic rings. The molecule has 0 saturated carbocycles. The van der Waals surface area contributed by atoms with E-state index < -0.39 is 17.8 Å². The molecule has 7 nitrogen and oxygen atoms in total. The first kappa shape index (κ1) is 20.3. The molecule has 0 aliphatic heterocycles. The molecule has 0 aliphatic carbocycles. The van der Waals surface area contributed by atoms with Crippen LogP contribution in [0.3, 0.4) is 0 Å². The Balaban J connectivity index is 1.74. The van der Waals surface area contributed by atoms with Gasteiger partial charge in [-0.2, -0.15) is 5.26 Å². The van der Waals surface area contributed by atoms with E-state index in [-0.39, 0.29) is 11.1 Å². The monoisotopic (exact) mass is 399 g/mol. The summed E-state index contributed by atoms with van der Waals surface area (Å²) in [4.78, 5) is 36.7. The zero-order chi connectivity index (χ0) is 21.5. The highest BCUT2D eigenvalue weighted by atomic mass is 16.5. The summed E-state index contributed by atoms with van der Waals surface area (Å²) in [5, 5.41) is 14.4. The predicted molar refractivity (Wildman–Crippen MR) is 111 cm³/mol. The van der Waals surface area contributed by atoms with Gasteiger partial charge in [-0.1, -0.05) is 18.2 Å². The Morgan fingerprint density at radius 3 is 1.90 bits per heavy atom. The minimum Gasteiger partial charge on any atom is -0.465 e. The number of esters is 1. The minimum absolute atomic E-state index is 0.275. The largest absolute Gasteiger partial charge is 0.465 e. The Hall–Kier alpha value is -4.44. The zero-order valence-corrected chi connectivity index (χ0v) is 16.0. The number of methoxy groups -OCH3 is 1. The summed E-state index contributed by atoms with van der Waals surface area (Å²) in [5.41, 5.74) is 2.20. The lowest BCUT2D eigenvalue weighted by Gasteiger charge is -2.09. The second-order valence-corrected chi connectivity index (χ2v) is 6.25. The molecule has 0 bridgehead atoms. The molecule has 3 aromatic carbocycles. The molecule has 0 radical (unpaired) electrons. The molecule has 2 N–H and O–H groups in total. The van der Waals surface area contributed by atoms with Gasteiger partial charge in [0.15, 0.2) is 0 Å². The van der Waals surface area contributed by atoms with Crippen molar-refractivity contribution >= 4 is 29.2 Å². The van der Waals surface area contributed by atoms with Crippen LogP contribution in [0.1, 0.15) is 36.6 Å². The average Bonchev–Trinajstić information content (AvgIpc) is 2.78. The summed E-state index contributed by atoms with van der Waals surface area (Å²) in [7, 11) is 1.28. The maximum absolute atomic E-state index is 12.6. The van der Waals surface area contributed by atoms with Gasteiger partial charge in [0.05, 0.1) is 24.3 Å². The summed E-state index contributed by atoms with van der Waals surface area (Å²) in [6, 6.07) is 21.1. The number of carbonyl (C=O) groups is 3. The van der Waals surface area contributed by atoms with Crippen molar-refractivity contribution in [2.75, 3.05) is 17.7 Å². The Kier molecular flexibility index (Phi) is 6.20. The molecule has 0 atom stereocenters. The van der Waals surface area contributed by atoms with Crippen LogP contribution in [0.2, 0.25) is 0 Å². The van der Waals surface area contributed by atoms with Crippen LogP contribution in [0.5, 0.6) is 0 Å². The molecule has 0 heterocycles. The second kappa shape index (κ2) is 9.17. The first-order chi connectivity index (χ1) is 14.5. The molecule has 2 amide bonds. The van der Waals surface area contributed by atoms with Crippen molar-refractivity contribution in [3.63, 3.8) is 0 Å². The molecule has 0 fully saturated rings. The Labute approximate surface area is 172 Å². The van der Waals surface area contributed by atoms with E-state index in [1.54, 1.807) is 60.7 Å². The molecular weight excluding hydrogens is 382 g/mol. The molecule has 3 rings (SSSR count). The van der Waals surface area contributed by atoms with Gasteiger partial charge in [-0.25, -0.2) is 4.79 Å². The van der Waals surface area contributed by atoms with Crippen molar-refractivity contribution in [1.29, 1.82) is 5.26 Å². The van der Waals surface area contributed by atoms with Crippen LogP contribution in [-0.4, -0.2) is 24.9 Å². The van der Waals surface area contributed by atoms with Crippen molar-refractivity contribution in [3.05, 3.63) is 95.1 Å². The molecule has 0 aliphatic rings. The van der Waals surface area contributed by atoms with Gasteiger partial charge in [0, 0.05) is 22.5 Å². The Bertz CT molecular complexity index is 1160. The molecular formula is C23H17N3O4. The van der Waals surface area contributed by atoms with Crippen molar-refractivity contribution in [2.45, 2.75) is 0 Å². The highest BCUT2D eigenvalue weighted by Gasteiger charge is 2.13. The lowest BCUT2D eigenvalue weighted by atomic mass is 10.1. The third kappa shape index (κ3) is 4.88. The third-order valence-electron chi connectivity index (χ3n) is 4.18. The topological polar surface area (TPSA) is 108 Å². The van der Waals surface area contributed by atoms with Gasteiger partial charge in [-0.05, 0) is 54.6 Å². The van der Waals surface area contributed by atoms with Crippen molar-refractivity contribution in [1.82, 2.24) is 0 Å². The van der Waals surface area contributed by atoms with Crippen molar-refractivity contribution in [2.24, 2.45) is 0 Å². The lowest BCUT2D eigenvalue weighted by Crippen LogP contribution is -2.16. The number of ether oxygens (including phenoxy) is 1. The number of amides is 2. The number of hydrogen-bond acceptors (Lipinski definition) is 5. The first-order valence-corrected chi connectivity index (χ1v) is 8.91. The summed E-state index contributed by atoms with van der Waals surface area (Å²) >= 11 is 0. The minimum atomic E-state index is -0.509. The number of benzene rings is 3. The quantitative estimate of drug-likeness (QED) is 0.634. The number of anilines is 2. The number of nitrogens with zero attached hydrogens (tertiary/aromatic N) is 1. The van der Waals surface area contributed by atoms with E-state index in [0.717, 1.165) is 0 Å². The molecule has 0 unspecified atom stereocenters. The Morgan fingerprint density at radius 2 is 1.30 bits per heavy atom. The number of nitrogens with one attached hydrogen (secondary N) is 2. The van der Waals surface area contributed by atoms with E-state index in [1.807, 2.05) is 6.07 Å². The van der Waals surface area contributed by atoms with Crippen molar-refractivity contribution in [3.8, 4) is 6.07 Å². The molecule has 30 heavy (non-hydrogen) atoms. The number of nitriles is 1. The van der Waals surface area contributed by atoms with Gasteiger partial charge in [0.25, 0.3) is 11.8 Å². The van der Waals surface area contributed by atoms with Crippen LogP contribution in [0.15, 0.2) is 72.8 Å². The van der Waals surface area contributed by atoms with Gasteiger partial charge in [0.2, 0.25) is 0 Å². The summed E-state index contributed by atoms with van der Waals surface area (Å²) in [5.74, 6) is -1.35. The van der Waals surface area contributed by atoms with Gasteiger partial charge in [-0.15, -0.1) is 0 Å². The molecule has 148 valence electrons. The average molecular weight is 399 g/mol. The lowest BCUT2D eigenvalue weighted by molar-refractivity contribution is 0.0600. The van der Waals surface area contributed by atoms with E-state index >= 15 is 0 Å². The maximum atomic E-state index is 12.6. The summed E-state index contributed by atoms with van der Waals surface area (Å²) < 4.78 is 4.67.